The summed E-state index contributed by atoms with van der Waals surface area (Å²) in [6.45, 7) is 1.17. The SMILES string of the molecule is COCc1cccc(Cn2cc(-c3cc(-c4cccc(C#[N+]C5CCC(O)(c6cccc(Cn7cc(-c8cc(-c9cccc(C#N)c9)nc(N[C@@H]9CCC[C@H]9OC)n8)nn7)n6)C5)c4)nc(N[C@@H]4CCC[C@H]4OC)n3)nn2)n1. The predicted octanol–water partition coefficient (Wildman–Crippen LogP) is 8.10. The molecule has 77 heavy (non-hydrogen) atoms. The lowest BCUT2D eigenvalue weighted by Crippen LogP contribution is -2.30. The zero-order valence-electron chi connectivity index (χ0n) is 43.2. The molecule has 0 amide bonds. The van der Waals surface area contributed by atoms with Gasteiger partial charge in [-0.1, -0.05) is 51.7 Å². The van der Waals surface area contributed by atoms with E-state index in [2.05, 4.69) is 43.4 Å². The number of aromatic nitrogens is 12. The van der Waals surface area contributed by atoms with Crippen LogP contribution < -0.4 is 10.6 Å². The standard InChI is InChI=1S/C57H59N16O4/c1-75-35-43-16-6-14-41(60-43)31-72-33-50(68-70-72)49-27-47(65-56(67-49)63-45-18-9-20-53(45)77-3)39-13-5-11-37(25-39)30-59-40-22-23-57(74,28-40)54-21-7-15-42(61-54)32-73-34-51(69-71-73)48-26-46(38-12-4-10-36(24-38)29-58)64-55(66-48)62-44-17-8-19-52(44)76-2/h4-7,10-16,21,24-27,33-34,40,44-45,52-53,74H,8-9,17-20,22-23,28,31-32,35H2,1-3H3,(H,62,64,66)(H,63,65,67)/q+1/t40?,44-,45-,52-,53-,57?/m1/s1. The molecule has 20 nitrogen and oxygen atoms in total. The number of anilines is 2. The smallest absolute Gasteiger partial charge is 0.311 e. The summed E-state index contributed by atoms with van der Waals surface area (Å²) < 4.78 is 20.3. The Morgan fingerprint density at radius 2 is 1.17 bits per heavy atom. The lowest BCUT2D eigenvalue weighted by Gasteiger charge is -2.20. The van der Waals surface area contributed by atoms with Gasteiger partial charge < -0.3 is 30.0 Å². The van der Waals surface area contributed by atoms with E-state index in [9.17, 15) is 10.4 Å². The fourth-order valence-corrected chi connectivity index (χ4v) is 10.7. The molecule has 6 aromatic heterocycles. The average Bonchev–Trinajstić information content (AvgIpc) is 4.37. The zero-order chi connectivity index (χ0) is 52.7. The molecule has 390 valence electrons. The number of ether oxygens (including phenoxy) is 3. The van der Waals surface area contributed by atoms with Gasteiger partial charge in [-0.3, -0.25) is 9.97 Å². The van der Waals surface area contributed by atoms with Gasteiger partial charge in [0.05, 0.1) is 120 Å². The van der Waals surface area contributed by atoms with Gasteiger partial charge in [0.1, 0.15) is 22.6 Å². The van der Waals surface area contributed by atoms with Gasteiger partial charge in [-0.25, -0.2) is 29.3 Å². The first-order chi connectivity index (χ1) is 37.7. The Bertz CT molecular complexity index is 3490. The van der Waals surface area contributed by atoms with E-state index in [1.54, 1.807) is 36.8 Å². The van der Waals surface area contributed by atoms with Crippen LogP contribution >= 0.6 is 0 Å². The topological polar surface area (TPSA) is 239 Å². The van der Waals surface area contributed by atoms with Crippen LogP contribution in [0.1, 0.15) is 91.7 Å². The molecule has 20 heteroatoms. The number of nitriles is 1. The van der Waals surface area contributed by atoms with Crippen molar-refractivity contribution in [3.63, 3.8) is 0 Å². The molecule has 2 unspecified atom stereocenters. The Balaban J connectivity index is 0.786. The highest BCUT2D eigenvalue weighted by molar-refractivity contribution is 5.70. The third-order valence-corrected chi connectivity index (χ3v) is 14.6. The van der Waals surface area contributed by atoms with Gasteiger partial charge in [0.25, 0.3) is 6.04 Å². The molecule has 3 N–H and O–H groups in total. The van der Waals surface area contributed by atoms with Gasteiger partial charge in [0.2, 0.25) is 11.9 Å². The van der Waals surface area contributed by atoms with Gasteiger partial charge in [-0.15, -0.1) is 10.2 Å². The molecule has 3 aliphatic carbocycles. The number of methoxy groups -OCH3 is 3. The van der Waals surface area contributed by atoms with E-state index in [-0.39, 0.29) is 30.3 Å². The molecule has 2 aromatic carbocycles. The van der Waals surface area contributed by atoms with E-state index in [4.69, 9.17) is 49.0 Å². The van der Waals surface area contributed by atoms with Crippen molar-refractivity contribution < 1.29 is 19.3 Å². The second-order valence-corrected chi connectivity index (χ2v) is 19.9. The van der Waals surface area contributed by atoms with E-state index in [1.807, 2.05) is 103 Å². The number of aliphatic hydroxyl groups is 1. The Labute approximate surface area is 445 Å². The molecule has 0 spiro atoms. The quantitative estimate of drug-likeness (QED) is 0.0780. The third-order valence-electron chi connectivity index (χ3n) is 14.6. The average molecular weight is 1030 g/mol. The molecule has 3 saturated carbocycles. The second-order valence-electron chi connectivity index (χ2n) is 19.9. The van der Waals surface area contributed by atoms with Crippen LogP contribution in [0.3, 0.4) is 0 Å². The van der Waals surface area contributed by atoms with Crippen molar-refractivity contribution in [1.82, 2.24) is 59.9 Å². The maximum Gasteiger partial charge on any atom is 0.311 e. The Kier molecular flexibility index (Phi) is 15.0. The van der Waals surface area contributed by atoms with Crippen molar-refractivity contribution in [2.45, 2.75) is 113 Å². The van der Waals surface area contributed by atoms with Crippen molar-refractivity contribution in [2.24, 2.45) is 0 Å². The van der Waals surface area contributed by atoms with Gasteiger partial charge >= 0.3 is 6.07 Å². The number of nitrogens with one attached hydrogen (secondary N) is 2. The van der Waals surface area contributed by atoms with Crippen LogP contribution in [-0.4, -0.2) is 117 Å². The Morgan fingerprint density at radius 1 is 0.623 bits per heavy atom. The first kappa shape index (κ1) is 50.7. The molecule has 6 atom stereocenters. The first-order valence-corrected chi connectivity index (χ1v) is 26.1. The monoisotopic (exact) mass is 1030 g/mol. The van der Waals surface area contributed by atoms with Crippen LogP contribution in [0, 0.1) is 17.4 Å². The van der Waals surface area contributed by atoms with E-state index >= 15 is 0 Å². The van der Waals surface area contributed by atoms with Gasteiger partial charge in [-0.2, -0.15) is 5.26 Å². The first-order valence-electron chi connectivity index (χ1n) is 26.1. The van der Waals surface area contributed by atoms with Crippen LogP contribution in [0.25, 0.3) is 50.1 Å². The minimum Gasteiger partial charge on any atom is -0.383 e. The van der Waals surface area contributed by atoms with Crippen molar-refractivity contribution in [3.05, 3.63) is 148 Å². The summed E-state index contributed by atoms with van der Waals surface area (Å²) in [5.41, 5.74) is 8.44. The minimum absolute atomic E-state index is 0.0545. The largest absolute Gasteiger partial charge is 0.383 e. The van der Waals surface area contributed by atoms with Gasteiger partial charge in [0, 0.05) is 38.9 Å². The van der Waals surface area contributed by atoms with E-state index in [0.29, 0.717) is 102 Å². The molecule has 11 rings (SSSR count). The number of pyridine rings is 2. The van der Waals surface area contributed by atoms with Crippen LogP contribution in [0.15, 0.2) is 109 Å². The maximum atomic E-state index is 12.1. The summed E-state index contributed by atoms with van der Waals surface area (Å²) in [5, 5.41) is 46.7. The summed E-state index contributed by atoms with van der Waals surface area (Å²) >= 11 is 0. The molecule has 0 bridgehead atoms. The number of hydrogen-bond donors (Lipinski definition) is 3. The van der Waals surface area contributed by atoms with Crippen LogP contribution in [0.4, 0.5) is 11.9 Å². The molecule has 3 fully saturated rings. The number of rotatable bonds is 17. The zero-order valence-corrected chi connectivity index (χ0v) is 43.2. The molecular weight excluding hydrogens is 973 g/mol. The normalized spacial score (nSPS) is 20.9. The summed E-state index contributed by atoms with van der Waals surface area (Å²) in [6.07, 6.45) is 11.3. The van der Waals surface area contributed by atoms with E-state index in [1.165, 1.54) is 0 Å². The molecule has 8 aromatic rings. The highest BCUT2D eigenvalue weighted by Crippen LogP contribution is 2.40. The lowest BCUT2D eigenvalue weighted by atomic mass is 9.96. The number of hydrogen-bond acceptors (Lipinski definition) is 17. The fourth-order valence-electron chi connectivity index (χ4n) is 10.7. The van der Waals surface area contributed by atoms with Gasteiger partial charge in [0.15, 0.2) is 0 Å². The maximum absolute atomic E-state index is 12.1. The fraction of sp³-hybridized carbons (Fsp3) is 0.368. The summed E-state index contributed by atoms with van der Waals surface area (Å²) in [4.78, 5) is 34.2. The van der Waals surface area contributed by atoms with Crippen LogP contribution in [-0.2, 0) is 39.5 Å². The van der Waals surface area contributed by atoms with Crippen molar-refractivity contribution in [2.75, 3.05) is 32.0 Å². The highest BCUT2D eigenvalue weighted by Gasteiger charge is 2.45. The molecule has 6 heterocycles. The number of nitrogens with zero attached hydrogens (tertiary/aromatic N) is 14. The van der Waals surface area contributed by atoms with E-state index in [0.717, 1.165) is 66.6 Å². The van der Waals surface area contributed by atoms with Crippen molar-refractivity contribution >= 4 is 11.9 Å². The summed E-state index contributed by atoms with van der Waals surface area (Å²) in [6, 6.07) is 36.0. The molecule has 0 saturated heterocycles. The third kappa shape index (κ3) is 11.9. The Hall–Kier alpha value is -8.40. The van der Waals surface area contributed by atoms with Crippen molar-refractivity contribution in [3.8, 4) is 57.4 Å². The number of benzene rings is 2. The minimum atomic E-state index is -1.18. The lowest BCUT2D eigenvalue weighted by molar-refractivity contribution is 0.0393. The van der Waals surface area contributed by atoms with Gasteiger partial charge in [-0.05, 0) is 106 Å². The van der Waals surface area contributed by atoms with E-state index < -0.39 is 5.60 Å². The molecule has 0 radical (unpaired) electrons. The molecule has 0 aliphatic heterocycles. The highest BCUT2D eigenvalue weighted by atomic mass is 16.5. The predicted molar refractivity (Wildman–Crippen MR) is 287 cm³/mol. The molecule has 3 aliphatic rings. The van der Waals surface area contributed by atoms with Crippen LogP contribution in [0.5, 0.6) is 0 Å². The second kappa shape index (κ2) is 22.8. The summed E-state index contributed by atoms with van der Waals surface area (Å²) in [7, 11) is 5.12. The van der Waals surface area contributed by atoms with Crippen molar-refractivity contribution in [1.29, 1.82) is 5.26 Å². The van der Waals surface area contributed by atoms with Crippen LogP contribution in [0.2, 0.25) is 0 Å². The molecular formula is C57H59N16O4+. The Morgan fingerprint density at radius 3 is 1.77 bits per heavy atom. The summed E-state index contributed by atoms with van der Waals surface area (Å²) in [5.74, 6) is 0.927.